The fraction of sp³-hybridized carbons (Fsp3) is 0.308. The van der Waals surface area contributed by atoms with Crippen LogP contribution in [0.4, 0.5) is 4.79 Å². The zero-order valence-corrected chi connectivity index (χ0v) is 10.8. The smallest absolute Gasteiger partial charge is 0.408 e. The van der Waals surface area contributed by atoms with E-state index in [0.29, 0.717) is 0 Å². The Morgan fingerprint density at radius 3 is 2.60 bits per heavy atom. The third-order valence-electron chi connectivity index (χ3n) is 2.65. The second-order valence-corrected chi connectivity index (χ2v) is 4.22. The van der Waals surface area contributed by atoms with Crippen molar-refractivity contribution in [3.8, 4) is 0 Å². The number of esters is 1. The molecule has 2 amide bonds. The number of nitrogens with one attached hydrogen (secondary N) is 2. The molecule has 0 aliphatic carbocycles. The fourth-order valence-corrected chi connectivity index (χ4v) is 1.66. The SMILES string of the molecule is CC(=O)O[C@@H]1NC(=O)C1NC(=O)OCc1ccccc1. The molecule has 1 fully saturated rings. The summed E-state index contributed by atoms with van der Waals surface area (Å²) in [6.07, 6.45) is -1.59. The molecule has 1 unspecified atom stereocenters. The van der Waals surface area contributed by atoms with Gasteiger partial charge in [0.2, 0.25) is 6.23 Å². The molecule has 2 atom stereocenters. The molecule has 1 aliphatic rings. The molecular formula is C13H14N2O5. The number of hydrogen-bond donors (Lipinski definition) is 2. The first-order chi connectivity index (χ1) is 9.56. The van der Waals surface area contributed by atoms with Crippen molar-refractivity contribution in [2.24, 2.45) is 0 Å². The Morgan fingerprint density at radius 2 is 2.00 bits per heavy atom. The fourth-order valence-electron chi connectivity index (χ4n) is 1.66. The third-order valence-corrected chi connectivity index (χ3v) is 2.65. The lowest BCUT2D eigenvalue weighted by Crippen LogP contribution is -2.70. The predicted octanol–water partition coefficient (Wildman–Crippen LogP) is 0.300. The number of ether oxygens (including phenoxy) is 2. The van der Waals surface area contributed by atoms with Crippen LogP contribution in [0.5, 0.6) is 0 Å². The molecule has 20 heavy (non-hydrogen) atoms. The first-order valence-electron chi connectivity index (χ1n) is 6.01. The van der Waals surface area contributed by atoms with Crippen LogP contribution in [-0.2, 0) is 25.7 Å². The molecule has 106 valence electrons. The maximum Gasteiger partial charge on any atom is 0.408 e. The Morgan fingerprint density at radius 1 is 1.30 bits per heavy atom. The summed E-state index contributed by atoms with van der Waals surface area (Å²) in [6.45, 7) is 1.31. The molecule has 2 rings (SSSR count). The largest absolute Gasteiger partial charge is 0.445 e. The predicted molar refractivity (Wildman–Crippen MR) is 67.2 cm³/mol. The van der Waals surface area contributed by atoms with Gasteiger partial charge in [-0.2, -0.15) is 0 Å². The Balaban J connectivity index is 1.79. The highest BCUT2D eigenvalue weighted by Gasteiger charge is 2.43. The van der Waals surface area contributed by atoms with Crippen LogP contribution >= 0.6 is 0 Å². The van der Waals surface area contributed by atoms with E-state index >= 15 is 0 Å². The average molecular weight is 278 g/mol. The Bertz CT molecular complexity index is 517. The summed E-state index contributed by atoms with van der Waals surface area (Å²) in [5.41, 5.74) is 0.831. The Kier molecular flexibility index (Phi) is 4.19. The summed E-state index contributed by atoms with van der Waals surface area (Å²) in [6, 6.07) is 8.21. The molecule has 0 bridgehead atoms. The van der Waals surface area contributed by atoms with Crippen LogP contribution in [0, 0.1) is 0 Å². The first-order valence-corrected chi connectivity index (χ1v) is 6.01. The summed E-state index contributed by atoms with van der Waals surface area (Å²) in [5.74, 6) is -0.965. The van der Waals surface area contributed by atoms with E-state index in [1.165, 1.54) is 6.92 Å². The second kappa shape index (κ2) is 6.05. The van der Waals surface area contributed by atoms with Gasteiger partial charge in [0.25, 0.3) is 5.91 Å². The number of carbonyl (C=O) groups is 3. The lowest BCUT2D eigenvalue weighted by atomic mass is 10.1. The van der Waals surface area contributed by atoms with E-state index in [1.807, 2.05) is 30.3 Å². The van der Waals surface area contributed by atoms with Gasteiger partial charge in [-0.15, -0.1) is 0 Å². The zero-order valence-electron chi connectivity index (χ0n) is 10.8. The number of carbonyl (C=O) groups excluding carboxylic acids is 3. The minimum atomic E-state index is -0.915. The van der Waals surface area contributed by atoms with Crippen molar-refractivity contribution in [2.45, 2.75) is 25.8 Å². The van der Waals surface area contributed by atoms with E-state index in [4.69, 9.17) is 9.47 Å². The minimum absolute atomic E-state index is 0.0965. The number of hydrogen-bond acceptors (Lipinski definition) is 5. The average Bonchev–Trinajstić information content (AvgIpc) is 2.43. The molecule has 0 saturated carbocycles. The van der Waals surface area contributed by atoms with Gasteiger partial charge in [-0.25, -0.2) is 4.79 Å². The molecular weight excluding hydrogens is 264 g/mol. The lowest BCUT2D eigenvalue weighted by molar-refractivity contribution is -0.162. The van der Waals surface area contributed by atoms with Crippen molar-refractivity contribution >= 4 is 18.0 Å². The van der Waals surface area contributed by atoms with Crippen molar-refractivity contribution in [1.82, 2.24) is 10.6 Å². The topological polar surface area (TPSA) is 93.7 Å². The van der Waals surface area contributed by atoms with Gasteiger partial charge in [-0.05, 0) is 5.56 Å². The van der Waals surface area contributed by atoms with Crippen LogP contribution in [0.3, 0.4) is 0 Å². The van der Waals surface area contributed by atoms with Crippen LogP contribution < -0.4 is 10.6 Å². The van der Waals surface area contributed by atoms with E-state index in [9.17, 15) is 14.4 Å². The highest BCUT2D eigenvalue weighted by atomic mass is 16.6. The molecule has 1 heterocycles. The Labute approximate surface area is 115 Å². The van der Waals surface area contributed by atoms with Crippen LogP contribution in [0.25, 0.3) is 0 Å². The number of amides is 2. The summed E-state index contributed by atoms with van der Waals surface area (Å²) in [4.78, 5) is 33.6. The van der Waals surface area contributed by atoms with Crippen molar-refractivity contribution in [3.05, 3.63) is 35.9 Å². The van der Waals surface area contributed by atoms with E-state index in [2.05, 4.69) is 10.6 Å². The van der Waals surface area contributed by atoms with Crippen molar-refractivity contribution in [2.75, 3.05) is 0 Å². The third kappa shape index (κ3) is 3.47. The van der Waals surface area contributed by atoms with E-state index in [-0.39, 0.29) is 6.61 Å². The number of β-lactam (4-membered cyclic amide) rings is 1. The molecule has 1 aliphatic heterocycles. The van der Waals surface area contributed by atoms with Gasteiger partial charge in [0, 0.05) is 6.92 Å². The van der Waals surface area contributed by atoms with E-state index < -0.39 is 30.2 Å². The highest BCUT2D eigenvalue weighted by molar-refractivity contribution is 5.92. The number of rotatable bonds is 4. The lowest BCUT2D eigenvalue weighted by Gasteiger charge is -2.35. The first kappa shape index (κ1) is 13.9. The second-order valence-electron chi connectivity index (χ2n) is 4.22. The molecule has 1 aromatic rings. The van der Waals surface area contributed by atoms with Crippen LogP contribution in [-0.4, -0.2) is 30.2 Å². The summed E-state index contributed by atoms with van der Waals surface area (Å²) in [7, 11) is 0. The normalized spacial score (nSPS) is 20.4. The molecule has 1 saturated heterocycles. The molecule has 2 N–H and O–H groups in total. The van der Waals surface area contributed by atoms with E-state index in [0.717, 1.165) is 5.56 Å². The maximum atomic E-state index is 11.5. The van der Waals surface area contributed by atoms with Crippen LogP contribution in [0.2, 0.25) is 0 Å². The summed E-state index contributed by atoms with van der Waals surface area (Å²) in [5, 5.41) is 4.69. The van der Waals surface area contributed by atoms with Crippen molar-refractivity contribution < 1.29 is 23.9 Å². The quantitative estimate of drug-likeness (QED) is 0.610. The van der Waals surface area contributed by atoms with Gasteiger partial charge in [-0.3, -0.25) is 9.59 Å². The van der Waals surface area contributed by atoms with Gasteiger partial charge in [0.05, 0.1) is 0 Å². The van der Waals surface area contributed by atoms with Gasteiger partial charge in [0.1, 0.15) is 6.61 Å². The minimum Gasteiger partial charge on any atom is -0.445 e. The number of alkyl carbamates (subject to hydrolysis) is 1. The van der Waals surface area contributed by atoms with Crippen LogP contribution in [0.1, 0.15) is 12.5 Å². The van der Waals surface area contributed by atoms with Gasteiger partial charge in [-0.1, -0.05) is 30.3 Å². The van der Waals surface area contributed by atoms with E-state index in [1.54, 1.807) is 0 Å². The maximum absolute atomic E-state index is 11.5. The molecule has 7 nitrogen and oxygen atoms in total. The molecule has 1 aromatic carbocycles. The highest BCUT2D eigenvalue weighted by Crippen LogP contribution is 2.09. The number of benzene rings is 1. The monoisotopic (exact) mass is 278 g/mol. The Hall–Kier alpha value is -2.57. The molecule has 0 aromatic heterocycles. The van der Waals surface area contributed by atoms with Crippen molar-refractivity contribution in [1.29, 1.82) is 0 Å². The van der Waals surface area contributed by atoms with Gasteiger partial charge >= 0.3 is 12.1 Å². The molecule has 7 heteroatoms. The van der Waals surface area contributed by atoms with Crippen LogP contribution in [0.15, 0.2) is 30.3 Å². The van der Waals surface area contributed by atoms with Gasteiger partial charge < -0.3 is 20.1 Å². The summed E-state index contributed by atoms with van der Waals surface area (Å²) < 4.78 is 9.76. The standard InChI is InChI=1S/C13H14N2O5/c1-8(16)20-12-10(11(17)15-12)14-13(18)19-7-9-5-3-2-4-6-9/h2-6,10,12H,7H2,1H3,(H,14,18)(H,15,17)/t10?,12-/m0/s1. The summed E-state index contributed by atoms with van der Waals surface area (Å²) >= 11 is 0. The van der Waals surface area contributed by atoms with Crippen molar-refractivity contribution in [3.63, 3.8) is 0 Å². The molecule has 0 radical (unpaired) electrons. The van der Waals surface area contributed by atoms with Gasteiger partial charge in [0.15, 0.2) is 6.04 Å². The zero-order chi connectivity index (χ0) is 14.5. The molecule has 0 spiro atoms.